The molecule has 0 unspecified atom stereocenters. The summed E-state index contributed by atoms with van der Waals surface area (Å²) in [5.41, 5.74) is 7.65. The Morgan fingerprint density at radius 1 is 1.47 bits per heavy atom. The van der Waals surface area contributed by atoms with E-state index in [4.69, 9.17) is 11.1 Å². The van der Waals surface area contributed by atoms with Crippen molar-refractivity contribution in [3.8, 4) is 0 Å². The molecule has 5 nitrogen and oxygen atoms in total. The van der Waals surface area contributed by atoms with Crippen LogP contribution in [0.1, 0.15) is 24.0 Å². The Balaban J connectivity index is 2.09. The largest absolute Gasteiger partial charge is 0.384 e. The van der Waals surface area contributed by atoms with Crippen molar-refractivity contribution >= 4 is 17.6 Å². The number of nitrogens with two attached hydrogens (primary N) is 1. The molecule has 2 amide bonds. The summed E-state index contributed by atoms with van der Waals surface area (Å²) in [5, 5.41) is 13.0. The van der Waals surface area contributed by atoms with Crippen LogP contribution >= 0.6 is 0 Å². The lowest BCUT2D eigenvalue weighted by Crippen LogP contribution is -2.30. The monoisotopic (exact) mass is 232 g/mol. The molecular formula is C12H16N4O. The lowest BCUT2D eigenvalue weighted by molar-refractivity contribution is 0.251. The number of anilines is 1. The van der Waals surface area contributed by atoms with Crippen molar-refractivity contribution in [2.75, 3.05) is 5.32 Å². The number of benzene rings is 1. The van der Waals surface area contributed by atoms with E-state index in [1.807, 2.05) is 13.0 Å². The predicted octanol–water partition coefficient (Wildman–Crippen LogP) is 1.56. The Kier molecular flexibility index (Phi) is 2.99. The second kappa shape index (κ2) is 4.45. The van der Waals surface area contributed by atoms with Gasteiger partial charge in [-0.15, -0.1) is 0 Å². The lowest BCUT2D eigenvalue weighted by atomic mass is 10.1. The van der Waals surface area contributed by atoms with Crippen LogP contribution in [0.5, 0.6) is 0 Å². The molecule has 1 saturated carbocycles. The van der Waals surface area contributed by atoms with Crippen LogP contribution in [0.25, 0.3) is 0 Å². The number of amides is 2. The summed E-state index contributed by atoms with van der Waals surface area (Å²) in [4.78, 5) is 11.6. The quantitative estimate of drug-likeness (QED) is 0.470. The maximum absolute atomic E-state index is 11.6. The smallest absolute Gasteiger partial charge is 0.319 e. The van der Waals surface area contributed by atoms with E-state index in [9.17, 15) is 4.79 Å². The van der Waals surface area contributed by atoms with Gasteiger partial charge in [0.1, 0.15) is 5.84 Å². The molecule has 5 heteroatoms. The van der Waals surface area contributed by atoms with Gasteiger partial charge in [-0.3, -0.25) is 5.41 Å². The number of nitrogen functional groups attached to an aromatic ring is 1. The van der Waals surface area contributed by atoms with Gasteiger partial charge in [0, 0.05) is 17.3 Å². The van der Waals surface area contributed by atoms with Crippen molar-refractivity contribution in [2.24, 2.45) is 5.73 Å². The highest BCUT2D eigenvalue weighted by molar-refractivity contribution is 5.98. The minimum absolute atomic E-state index is 0.00403. The number of urea groups is 1. The van der Waals surface area contributed by atoms with Gasteiger partial charge in [0.25, 0.3) is 0 Å². The summed E-state index contributed by atoms with van der Waals surface area (Å²) in [6, 6.07) is 5.44. The first-order chi connectivity index (χ1) is 8.06. The predicted molar refractivity (Wildman–Crippen MR) is 67.4 cm³/mol. The highest BCUT2D eigenvalue weighted by Gasteiger charge is 2.23. The van der Waals surface area contributed by atoms with E-state index in [0.717, 1.165) is 18.4 Å². The molecule has 1 fully saturated rings. The first kappa shape index (κ1) is 11.4. The molecule has 90 valence electrons. The SMILES string of the molecule is Cc1ccc(C(=N)N)cc1NC(=O)NC1CC1. The number of rotatable bonds is 3. The molecule has 0 saturated heterocycles. The summed E-state index contributed by atoms with van der Waals surface area (Å²) in [6.07, 6.45) is 2.11. The number of carbonyl (C=O) groups is 1. The molecule has 2 rings (SSSR count). The van der Waals surface area contributed by atoms with E-state index in [0.29, 0.717) is 17.3 Å². The van der Waals surface area contributed by atoms with E-state index in [1.165, 1.54) is 0 Å². The number of aryl methyl sites for hydroxylation is 1. The number of hydrogen-bond donors (Lipinski definition) is 4. The molecule has 0 atom stereocenters. The molecule has 1 aliphatic rings. The third kappa shape index (κ3) is 2.96. The first-order valence-electron chi connectivity index (χ1n) is 5.59. The highest BCUT2D eigenvalue weighted by Crippen LogP contribution is 2.20. The van der Waals surface area contributed by atoms with Crippen LogP contribution in [0.2, 0.25) is 0 Å². The lowest BCUT2D eigenvalue weighted by Gasteiger charge is -2.10. The second-order valence-corrected chi connectivity index (χ2v) is 4.32. The molecule has 1 aromatic rings. The fourth-order valence-corrected chi connectivity index (χ4v) is 1.50. The topological polar surface area (TPSA) is 91.0 Å². The van der Waals surface area contributed by atoms with Gasteiger partial charge >= 0.3 is 6.03 Å². The third-order valence-electron chi connectivity index (χ3n) is 2.71. The first-order valence-corrected chi connectivity index (χ1v) is 5.59. The Bertz CT molecular complexity index is 466. The number of amidine groups is 1. The van der Waals surface area contributed by atoms with E-state index in [-0.39, 0.29) is 11.9 Å². The van der Waals surface area contributed by atoms with Gasteiger partial charge in [-0.05, 0) is 31.4 Å². The summed E-state index contributed by atoms with van der Waals surface area (Å²) < 4.78 is 0. The Hall–Kier alpha value is -2.04. The van der Waals surface area contributed by atoms with Crippen molar-refractivity contribution < 1.29 is 4.79 Å². The van der Waals surface area contributed by atoms with Crippen LogP contribution in [0.4, 0.5) is 10.5 Å². The van der Waals surface area contributed by atoms with Crippen molar-refractivity contribution in [1.82, 2.24) is 5.32 Å². The maximum Gasteiger partial charge on any atom is 0.319 e. The van der Waals surface area contributed by atoms with Crippen LogP contribution in [0, 0.1) is 12.3 Å². The maximum atomic E-state index is 11.6. The highest BCUT2D eigenvalue weighted by atomic mass is 16.2. The number of nitrogens with one attached hydrogen (secondary N) is 3. The summed E-state index contributed by atoms with van der Waals surface area (Å²) in [6.45, 7) is 1.90. The van der Waals surface area contributed by atoms with Crippen LogP contribution in [-0.4, -0.2) is 17.9 Å². The molecule has 1 aromatic carbocycles. The molecule has 0 aromatic heterocycles. The zero-order chi connectivity index (χ0) is 12.4. The fraction of sp³-hybridized carbons (Fsp3) is 0.333. The molecular weight excluding hydrogens is 216 g/mol. The zero-order valence-electron chi connectivity index (χ0n) is 9.71. The van der Waals surface area contributed by atoms with Crippen molar-refractivity contribution in [3.05, 3.63) is 29.3 Å². The second-order valence-electron chi connectivity index (χ2n) is 4.32. The standard InChI is InChI=1S/C12H16N4O/c1-7-2-3-8(11(13)14)6-10(7)16-12(17)15-9-4-5-9/h2-3,6,9H,4-5H2,1H3,(H3,13,14)(H2,15,16,17). The normalized spacial score (nSPS) is 14.2. The summed E-state index contributed by atoms with van der Waals surface area (Å²) in [5.74, 6) is -0.00403. The minimum atomic E-state index is -0.198. The van der Waals surface area contributed by atoms with Gasteiger partial charge in [-0.2, -0.15) is 0 Å². The van der Waals surface area contributed by atoms with Gasteiger partial charge < -0.3 is 16.4 Å². The molecule has 0 heterocycles. The fourth-order valence-electron chi connectivity index (χ4n) is 1.50. The van der Waals surface area contributed by atoms with Crippen molar-refractivity contribution in [1.29, 1.82) is 5.41 Å². The average molecular weight is 232 g/mol. The summed E-state index contributed by atoms with van der Waals surface area (Å²) in [7, 11) is 0. The van der Waals surface area contributed by atoms with Crippen molar-refractivity contribution in [3.63, 3.8) is 0 Å². The third-order valence-corrected chi connectivity index (χ3v) is 2.71. The van der Waals surface area contributed by atoms with E-state index in [2.05, 4.69) is 10.6 Å². The van der Waals surface area contributed by atoms with Crippen molar-refractivity contribution in [2.45, 2.75) is 25.8 Å². The average Bonchev–Trinajstić information content (AvgIpc) is 3.04. The van der Waals surface area contributed by atoms with Gasteiger partial charge in [0.2, 0.25) is 0 Å². The van der Waals surface area contributed by atoms with E-state index in [1.54, 1.807) is 12.1 Å². The molecule has 0 aliphatic heterocycles. The number of carbonyl (C=O) groups excluding carboxylic acids is 1. The minimum Gasteiger partial charge on any atom is -0.384 e. The zero-order valence-corrected chi connectivity index (χ0v) is 9.71. The van der Waals surface area contributed by atoms with Gasteiger partial charge in [0.05, 0.1) is 0 Å². The molecule has 0 spiro atoms. The Morgan fingerprint density at radius 3 is 2.76 bits per heavy atom. The van der Waals surface area contributed by atoms with Gasteiger partial charge in [-0.1, -0.05) is 12.1 Å². The van der Waals surface area contributed by atoms with Crippen LogP contribution < -0.4 is 16.4 Å². The molecule has 0 bridgehead atoms. The van der Waals surface area contributed by atoms with E-state index >= 15 is 0 Å². The Morgan fingerprint density at radius 2 is 2.18 bits per heavy atom. The van der Waals surface area contributed by atoms with Gasteiger partial charge in [-0.25, -0.2) is 4.79 Å². The van der Waals surface area contributed by atoms with E-state index < -0.39 is 0 Å². The summed E-state index contributed by atoms with van der Waals surface area (Å²) >= 11 is 0. The molecule has 0 radical (unpaired) electrons. The molecule has 17 heavy (non-hydrogen) atoms. The Labute approximate surface area is 99.9 Å². The number of hydrogen-bond acceptors (Lipinski definition) is 2. The molecule has 1 aliphatic carbocycles. The van der Waals surface area contributed by atoms with Crippen LogP contribution in [0.15, 0.2) is 18.2 Å². The van der Waals surface area contributed by atoms with Crippen LogP contribution in [0.3, 0.4) is 0 Å². The van der Waals surface area contributed by atoms with Gasteiger partial charge in [0.15, 0.2) is 0 Å². The molecule has 5 N–H and O–H groups in total. The van der Waals surface area contributed by atoms with Crippen LogP contribution in [-0.2, 0) is 0 Å².